The van der Waals surface area contributed by atoms with E-state index in [0.717, 1.165) is 11.1 Å². The first-order valence-corrected chi connectivity index (χ1v) is 5.56. The highest BCUT2D eigenvalue weighted by Gasteiger charge is 2.40. The molecule has 3 rings (SSSR count). The zero-order valence-electron chi connectivity index (χ0n) is 9.17. The molecule has 1 saturated heterocycles. The molecule has 1 amide bonds. The van der Waals surface area contributed by atoms with Crippen LogP contribution >= 0.6 is 0 Å². The van der Waals surface area contributed by atoms with E-state index in [1.807, 2.05) is 6.07 Å². The van der Waals surface area contributed by atoms with Crippen LogP contribution in [-0.2, 0) is 11.3 Å². The summed E-state index contributed by atoms with van der Waals surface area (Å²) in [6.45, 7) is 1.34. The van der Waals surface area contributed by atoms with Crippen molar-refractivity contribution in [2.45, 2.75) is 18.6 Å². The number of hydrogen-bond acceptors (Lipinski definition) is 3. The smallest absolute Gasteiger partial charge is 0.407 e. The number of likely N-dealkylation sites (tertiary alicyclic amines) is 1. The minimum Gasteiger partial charge on any atom is -0.508 e. The Hall–Kier alpha value is -1.75. The van der Waals surface area contributed by atoms with Gasteiger partial charge in [0.15, 0.2) is 0 Å². The number of hydrogen-bond donors (Lipinski definition) is 2. The standard InChI is InChI=1S/C12H13NO4/c14-8-2-1-7-6-17-11-5-13(12(15)16)4-10(11)9(7)3-8/h1-3,10-11,14H,4-6H2,(H,15,16). The first kappa shape index (κ1) is 10.4. The van der Waals surface area contributed by atoms with Crippen LogP contribution in [0.25, 0.3) is 0 Å². The third-order valence-electron chi connectivity index (χ3n) is 3.52. The summed E-state index contributed by atoms with van der Waals surface area (Å²) in [6.07, 6.45) is -0.995. The number of benzene rings is 1. The molecule has 5 heteroatoms. The summed E-state index contributed by atoms with van der Waals surface area (Å²) in [4.78, 5) is 12.3. The Balaban J connectivity index is 1.95. The Kier molecular flexibility index (Phi) is 2.22. The topological polar surface area (TPSA) is 70.0 Å². The van der Waals surface area contributed by atoms with Gasteiger partial charge in [0.1, 0.15) is 5.75 Å². The highest BCUT2D eigenvalue weighted by Crippen LogP contribution is 2.38. The number of amides is 1. The summed E-state index contributed by atoms with van der Waals surface area (Å²) >= 11 is 0. The van der Waals surface area contributed by atoms with Crippen LogP contribution in [0.3, 0.4) is 0 Å². The molecule has 17 heavy (non-hydrogen) atoms. The molecular formula is C12H13NO4. The van der Waals surface area contributed by atoms with E-state index in [1.54, 1.807) is 12.1 Å². The summed E-state index contributed by atoms with van der Waals surface area (Å²) in [7, 11) is 0. The lowest BCUT2D eigenvalue weighted by atomic mass is 9.89. The van der Waals surface area contributed by atoms with Gasteiger partial charge in [0, 0.05) is 12.5 Å². The van der Waals surface area contributed by atoms with Crippen molar-refractivity contribution in [1.82, 2.24) is 4.90 Å². The van der Waals surface area contributed by atoms with E-state index in [4.69, 9.17) is 9.84 Å². The molecule has 2 N–H and O–H groups in total. The summed E-state index contributed by atoms with van der Waals surface area (Å²) in [5.74, 6) is 0.264. The summed E-state index contributed by atoms with van der Waals surface area (Å²) in [5, 5.41) is 18.5. The Morgan fingerprint density at radius 2 is 2.24 bits per heavy atom. The second-order valence-electron chi connectivity index (χ2n) is 4.53. The molecule has 2 aliphatic rings. The zero-order chi connectivity index (χ0) is 12.0. The van der Waals surface area contributed by atoms with Crippen molar-refractivity contribution in [1.29, 1.82) is 0 Å². The van der Waals surface area contributed by atoms with E-state index in [0.29, 0.717) is 19.7 Å². The first-order valence-electron chi connectivity index (χ1n) is 5.56. The van der Waals surface area contributed by atoms with Crippen molar-refractivity contribution in [3.05, 3.63) is 29.3 Å². The molecule has 2 atom stereocenters. The molecule has 2 unspecified atom stereocenters. The van der Waals surface area contributed by atoms with Crippen molar-refractivity contribution in [3.8, 4) is 5.75 Å². The molecule has 90 valence electrons. The van der Waals surface area contributed by atoms with Gasteiger partial charge in [-0.15, -0.1) is 0 Å². The minimum atomic E-state index is -0.912. The first-order chi connectivity index (χ1) is 8.15. The van der Waals surface area contributed by atoms with E-state index < -0.39 is 6.09 Å². The fourth-order valence-electron chi connectivity index (χ4n) is 2.65. The van der Waals surface area contributed by atoms with Crippen LogP contribution in [0.15, 0.2) is 18.2 Å². The second-order valence-corrected chi connectivity index (χ2v) is 4.53. The van der Waals surface area contributed by atoms with Crippen molar-refractivity contribution < 1.29 is 19.7 Å². The van der Waals surface area contributed by atoms with Gasteiger partial charge < -0.3 is 19.8 Å². The molecule has 2 aliphatic heterocycles. The largest absolute Gasteiger partial charge is 0.508 e. The fraction of sp³-hybridized carbons (Fsp3) is 0.417. The highest BCUT2D eigenvalue weighted by atomic mass is 16.5. The van der Waals surface area contributed by atoms with Crippen molar-refractivity contribution in [2.75, 3.05) is 13.1 Å². The average molecular weight is 235 g/mol. The van der Waals surface area contributed by atoms with Gasteiger partial charge in [0.25, 0.3) is 0 Å². The average Bonchev–Trinajstić information content (AvgIpc) is 2.73. The number of phenols is 1. The number of carbonyl (C=O) groups is 1. The van der Waals surface area contributed by atoms with Crippen LogP contribution in [0, 0.1) is 0 Å². The number of phenolic OH excluding ortho intramolecular Hbond substituents is 1. The summed E-state index contributed by atoms with van der Waals surface area (Å²) < 4.78 is 5.66. The van der Waals surface area contributed by atoms with E-state index in [2.05, 4.69) is 0 Å². The molecule has 0 aliphatic carbocycles. The zero-order valence-corrected chi connectivity index (χ0v) is 9.17. The maximum atomic E-state index is 10.9. The molecule has 5 nitrogen and oxygen atoms in total. The van der Waals surface area contributed by atoms with E-state index in [1.165, 1.54) is 4.90 Å². The van der Waals surface area contributed by atoms with Crippen LogP contribution in [0.2, 0.25) is 0 Å². The van der Waals surface area contributed by atoms with Crippen molar-refractivity contribution in [3.63, 3.8) is 0 Å². The van der Waals surface area contributed by atoms with Gasteiger partial charge >= 0.3 is 6.09 Å². The van der Waals surface area contributed by atoms with Gasteiger partial charge in [-0.2, -0.15) is 0 Å². The molecule has 1 fully saturated rings. The van der Waals surface area contributed by atoms with Crippen LogP contribution in [0.5, 0.6) is 5.75 Å². The predicted octanol–water partition coefficient (Wildman–Crippen LogP) is 1.37. The number of fused-ring (bicyclic) bond motifs is 3. The Labute approximate surface area is 98.2 Å². The molecule has 1 aromatic carbocycles. The quantitative estimate of drug-likeness (QED) is 0.712. The van der Waals surface area contributed by atoms with Crippen LogP contribution in [0.4, 0.5) is 4.79 Å². The number of aromatic hydroxyl groups is 1. The highest BCUT2D eigenvalue weighted by molar-refractivity contribution is 5.66. The normalized spacial score (nSPS) is 26.5. The SMILES string of the molecule is O=C(O)N1CC2OCc3ccc(O)cc3C2C1. The fourth-order valence-corrected chi connectivity index (χ4v) is 2.65. The van der Waals surface area contributed by atoms with Gasteiger partial charge in [-0.25, -0.2) is 4.79 Å². The van der Waals surface area contributed by atoms with E-state index in [-0.39, 0.29) is 17.8 Å². The maximum absolute atomic E-state index is 10.9. The van der Waals surface area contributed by atoms with E-state index >= 15 is 0 Å². The lowest BCUT2D eigenvalue weighted by Crippen LogP contribution is -2.28. The van der Waals surface area contributed by atoms with Crippen molar-refractivity contribution in [2.24, 2.45) is 0 Å². The molecule has 0 radical (unpaired) electrons. The molecule has 0 aromatic heterocycles. The Bertz CT molecular complexity index is 474. The number of rotatable bonds is 0. The third kappa shape index (κ3) is 1.63. The maximum Gasteiger partial charge on any atom is 0.407 e. The van der Waals surface area contributed by atoms with Crippen LogP contribution < -0.4 is 0 Å². The molecule has 0 spiro atoms. The lowest BCUT2D eigenvalue weighted by Gasteiger charge is -2.27. The molecule has 2 heterocycles. The predicted molar refractivity (Wildman–Crippen MR) is 59.0 cm³/mol. The van der Waals surface area contributed by atoms with Gasteiger partial charge in [0.2, 0.25) is 0 Å². The Morgan fingerprint density at radius 1 is 1.41 bits per heavy atom. The van der Waals surface area contributed by atoms with E-state index in [9.17, 15) is 9.90 Å². The van der Waals surface area contributed by atoms with Crippen LogP contribution in [-0.4, -0.2) is 40.4 Å². The van der Waals surface area contributed by atoms with Gasteiger partial charge in [-0.1, -0.05) is 6.07 Å². The van der Waals surface area contributed by atoms with Gasteiger partial charge in [0.05, 0.1) is 19.3 Å². The van der Waals surface area contributed by atoms with Gasteiger partial charge in [-0.05, 0) is 23.3 Å². The molecule has 0 saturated carbocycles. The van der Waals surface area contributed by atoms with Crippen molar-refractivity contribution >= 4 is 6.09 Å². The summed E-state index contributed by atoms with van der Waals surface area (Å²) in [6, 6.07) is 5.19. The monoisotopic (exact) mass is 235 g/mol. The second kappa shape index (κ2) is 3.63. The minimum absolute atomic E-state index is 0.0435. The number of nitrogens with zero attached hydrogens (tertiary/aromatic N) is 1. The Morgan fingerprint density at radius 3 is 3.00 bits per heavy atom. The number of carboxylic acid groups (broad SMARTS) is 1. The molecular weight excluding hydrogens is 222 g/mol. The summed E-state index contributed by atoms with van der Waals surface area (Å²) in [5.41, 5.74) is 2.06. The molecule has 1 aromatic rings. The molecule has 0 bridgehead atoms. The lowest BCUT2D eigenvalue weighted by molar-refractivity contribution is 0.0254. The van der Waals surface area contributed by atoms with Gasteiger partial charge in [-0.3, -0.25) is 0 Å². The van der Waals surface area contributed by atoms with Crippen LogP contribution in [0.1, 0.15) is 17.0 Å². The number of ether oxygens (including phenoxy) is 1. The third-order valence-corrected chi connectivity index (χ3v) is 3.52.